The van der Waals surface area contributed by atoms with Crippen LogP contribution in [-0.2, 0) is 0 Å². The number of hydrogen-bond acceptors (Lipinski definition) is 2. The van der Waals surface area contributed by atoms with E-state index < -0.39 is 0 Å². The van der Waals surface area contributed by atoms with E-state index in [2.05, 4.69) is 18.3 Å². The fourth-order valence-electron chi connectivity index (χ4n) is 1.94. The zero-order chi connectivity index (χ0) is 8.86. The fraction of sp³-hybridized carbons (Fsp3) is 0.900. The lowest BCUT2D eigenvalue weighted by molar-refractivity contribution is 0.317. The summed E-state index contributed by atoms with van der Waals surface area (Å²) >= 11 is 0. The standard InChI is InChI=1S/C10H18N2/c1-10(5-2-3-6-10)9-12-8-4-7-11/h12H,2-6,8-9H2,1H3. The van der Waals surface area contributed by atoms with Gasteiger partial charge in [-0.2, -0.15) is 5.26 Å². The third-order valence-corrected chi connectivity index (χ3v) is 2.78. The van der Waals surface area contributed by atoms with Gasteiger partial charge in [0.25, 0.3) is 0 Å². The van der Waals surface area contributed by atoms with E-state index in [1.165, 1.54) is 25.7 Å². The van der Waals surface area contributed by atoms with Gasteiger partial charge >= 0.3 is 0 Å². The van der Waals surface area contributed by atoms with Crippen molar-refractivity contribution < 1.29 is 0 Å². The summed E-state index contributed by atoms with van der Waals surface area (Å²) in [7, 11) is 0. The smallest absolute Gasteiger partial charge is 0.0635 e. The molecule has 12 heavy (non-hydrogen) atoms. The van der Waals surface area contributed by atoms with Crippen molar-refractivity contribution in [2.75, 3.05) is 13.1 Å². The predicted molar refractivity (Wildman–Crippen MR) is 49.7 cm³/mol. The second kappa shape index (κ2) is 4.47. The second-order valence-corrected chi connectivity index (χ2v) is 4.10. The highest BCUT2D eigenvalue weighted by molar-refractivity contribution is 4.82. The quantitative estimate of drug-likeness (QED) is 0.649. The van der Waals surface area contributed by atoms with E-state index in [4.69, 9.17) is 5.26 Å². The van der Waals surface area contributed by atoms with Crippen LogP contribution in [0.1, 0.15) is 39.0 Å². The molecule has 0 aromatic heterocycles. The highest BCUT2D eigenvalue weighted by atomic mass is 14.9. The molecular formula is C10H18N2. The third-order valence-electron chi connectivity index (χ3n) is 2.78. The molecule has 0 saturated heterocycles. The normalized spacial score (nSPS) is 20.7. The minimum absolute atomic E-state index is 0.523. The summed E-state index contributed by atoms with van der Waals surface area (Å²) in [5.74, 6) is 0. The van der Waals surface area contributed by atoms with Crippen LogP contribution in [0.15, 0.2) is 0 Å². The van der Waals surface area contributed by atoms with Crippen molar-refractivity contribution in [3.63, 3.8) is 0 Å². The molecule has 2 nitrogen and oxygen atoms in total. The average molecular weight is 166 g/mol. The Morgan fingerprint density at radius 1 is 1.42 bits per heavy atom. The maximum Gasteiger partial charge on any atom is 0.0635 e. The van der Waals surface area contributed by atoms with Crippen LogP contribution >= 0.6 is 0 Å². The number of nitrogens with zero attached hydrogens (tertiary/aromatic N) is 1. The molecular weight excluding hydrogens is 148 g/mol. The second-order valence-electron chi connectivity index (χ2n) is 4.10. The summed E-state index contributed by atoms with van der Waals surface area (Å²) in [5, 5.41) is 11.7. The number of nitriles is 1. The van der Waals surface area contributed by atoms with Crippen LogP contribution in [0, 0.1) is 16.7 Å². The van der Waals surface area contributed by atoms with Gasteiger partial charge in [0.05, 0.1) is 6.07 Å². The van der Waals surface area contributed by atoms with E-state index in [1.807, 2.05) is 0 Å². The topological polar surface area (TPSA) is 35.8 Å². The van der Waals surface area contributed by atoms with Crippen LogP contribution in [0.5, 0.6) is 0 Å². The maximum atomic E-state index is 8.33. The molecule has 68 valence electrons. The molecule has 0 amide bonds. The first-order valence-electron chi connectivity index (χ1n) is 4.84. The van der Waals surface area contributed by atoms with Crippen LogP contribution in [-0.4, -0.2) is 13.1 Å². The van der Waals surface area contributed by atoms with E-state index in [-0.39, 0.29) is 0 Å². The van der Waals surface area contributed by atoms with E-state index in [1.54, 1.807) is 0 Å². The summed E-state index contributed by atoms with van der Waals surface area (Å²) in [5.41, 5.74) is 0.523. The highest BCUT2D eigenvalue weighted by Crippen LogP contribution is 2.36. The predicted octanol–water partition coefficient (Wildman–Crippen LogP) is 2.07. The molecule has 0 aliphatic heterocycles. The molecule has 0 heterocycles. The summed E-state index contributed by atoms with van der Waals surface area (Å²) in [6, 6.07) is 2.14. The molecule has 0 spiro atoms. The molecule has 0 atom stereocenters. The molecule has 1 fully saturated rings. The van der Waals surface area contributed by atoms with Crippen molar-refractivity contribution in [1.82, 2.24) is 5.32 Å². The van der Waals surface area contributed by atoms with Crippen molar-refractivity contribution in [3.8, 4) is 6.07 Å². The Hall–Kier alpha value is -0.550. The van der Waals surface area contributed by atoms with E-state index in [9.17, 15) is 0 Å². The van der Waals surface area contributed by atoms with Crippen molar-refractivity contribution >= 4 is 0 Å². The lowest BCUT2D eigenvalue weighted by Gasteiger charge is -2.23. The van der Waals surface area contributed by atoms with Crippen LogP contribution in [0.25, 0.3) is 0 Å². The van der Waals surface area contributed by atoms with Gasteiger partial charge in [0.2, 0.25) is 0 Å². The summed E-state index contributed by atoms with van der Waals surface area (Å²) in [6.45, 7) is 4.29. The molecule has 1 N–H and O–H groups in total. The Morgan fingerprint density at radius 2 is 2.08 bits per heavy atom. The summed E-state index contributed by atoms with van der Waals surface area (Å²) in [4.78, 5) is 0. The molecule has 0 aromatic carbocycles. The first kappa shape index (κ1) is 9.54. The zero-order valence-electron chi connectivity index (χ0n) is 7.90. The first-order chi connectivity index (χ1) is 5.77. The lowest BCUT2D eigenvalue weighted by Crippen LogP contribution is -2.29. The fourth-order valence-corrected chi connectivity index (χ4v) is 1.94. The Labute approximate surface area is 75.0 Å². The van der Waals surface area contributed by atoms with Gasteiger partial charge in [-0.3, -0.25) is 0 Å². The molecule has 2 heteroatoms. The Balaban J connectivity index is 2.09. The van der Waals surface area contributed by atoms with Gasteiger partial charge < -0.3 is 5.32 Å². The van der Waals surface area contributed by atoms with Gasteiger partial charge in [0.1, 0.15) is 0 Å². The zero-order valence-corrected chi connectivity index (χ0v) is 7.90. The largest absolute Gasteiger partial charge is 0.315 e. The average Bonchev–Trinajstić information content (AvgIpc) is 2.47. The summed E-state index contributed by atoms with van der Waals surface area (Å²) < 4.78 is 0. The molecule has 1 aliphatic carbocycles. The minimum atomic E-state index is 0.523. The molecule has 0 unspecified atom stereocenters. The maximum absolute atomic E-state index is 8.33. The van der Waals surface area contributed by atoms with E-state index >= 15 is 0 Å². The van der Waals surface area contributed by atoms with Crippen LogP contribution in [0.3, 0.4) is 0 Å². The lowest BCUT2D eigenvalue weighted by atomic mass is 9.89. The Morgan fingerprint density at radius 3 is 2.67 bits per heavy atom. The van der Waals surface area contributed by atoms with E-state index in [0.29, 0.717) is 11.8 Å². The van der Waals surface area contributed by atoms with Gasteiger partial charge in [-0.05, 0) is 18.3 Å². The van der Waals surface area contributed by atoms with Gasteiger partial charge in [-0.1, -0.05) is 19.8 Å². The van der Waals surface area contributed by atoms with Crippen molar-refractivity contribution in [3.05, 3.63) is 0 Å². The SMILES string of the molecule is CC1(CNCCC#N)CCCC1. The molecule has 1 rings (SSSR count). The van der Waals surface area contributed by atoms with Gasteiger partial charge in [0, 0.05) is 19.5 Å². The Kier molecular flexibility index (Phi) is 3.55. The third kappa shape index (κ3) is 2.83. The van der Waals surface area contributed by atoms with Crippen molar-refractivity contribution in [1.29, 1.82) is 5.26 Å². The number of rotatable bonds is 4. The molecule has 0 bridgehead atoms. The molecule has 1 aliphatic rings. The molecule has 0 radical (unpaired) electrons. The van der Waals surface area contributed by atoms with Gasteiger partial charge in [-0.25, -0.2) is 0 Å². The Bertz CT molecular complexity index is 163. The summed E-state index contributed by atoms with van der Waals surface area (Å²) in [6.07, 6.45) is 6.11. The van der Waals surface area contributed by atoms with Crippen molar-refractivity contribution in [2.24, 2.45) is 5.41 Å². The van der Waals surface area contributed by atoms with Gasteiger partial charge in [-0.15, -0.1) is 0 Å². The van der Waals surface area contributed by atoms with E-state index in [0.717, 1.165) is 13.1 Å². The van der Waals surface area contributed by atoms with Crippen molar-refractivity contribution in [2.45, 2.75) is 39.0 Å². The minimum Gasteiger partial charge on any atom is -0.315 e. The number of hydrogen-bond donors (Lipinski definition) is 1. The van der Waals surface area contributed by atoms with Crippen LogP contribution < -0.4 is 5.32 Å². The monoisotopic (exact) mass is 166 g/mol. The number of nitrogens with one attached hydrogen (secondary N) is 1. The molecule has 1 saturated carbocycles. The first-order valence-corrected chi connectivity index (χ1v) is 4.84. The van der Waals surface area contributed by atoms with Crippen LogP contribution in [0.4, 0.5) is 0 Å². The van der Waals surface area contributed by atoms with Crippen LogP contribution in [0.2, 0.25) is 0 Å². The molecule has 0 aromatic rings. The highest BCUT2D eigenvalue weighted by Gasteiger charge is 2.27. The van der Waals surface area contributed by atoms with Gasteiger partial charge in [0.15, 0.2) is 0 Å².